The number of rotatable bonds is 7. The van der Waals surface area contributed by atoms with Gasteiger partial charge in [-0.2, -0.15) is 0 Å². The van der Waals surface area contributed by atoms with Crippen molar-refractivity contribution in [2.45, 2.75) is 25.9 Å². The lowest BCUT2D eigenvalue weighted by atomic mass is 10.1. The van der Waals surface area contributed by atoms with Gasteiger partial charge in [-0.3, -0.25) is 9.89 Å². The summed E-state index contributed by atoms with van der Waals surface area (Å²) in [7, 11) is 0. The molecule has 0 saturated carbocycles. The average Bonchev–Trinajstić information content (AvgIpc) is 3.13. The van der Waals surface area contributed by atoms with Crippen molar-refractivity contribution in [3.8, 4) is 17.1 Å². The second kappa shape index (κ2) is 8.73. The summed E-state index contributed by atoms with van der Waals surface area (Å²) in [4.78, 5) is 16.7. The molecule has 2 aromatic carbocycles. The largest absolute Gasteiger partial charge is 0.493 e. The first-order valence-corrected chi connectivity index (χ1v) is 9.70. The van der Waals surface area contributed by atoms with Crippen LogP contribution in [0.25, 0.3) is 11.4 Å². The van der Waals surface area contributed by atoms with Crippen LogP contribution >= 0.6 is 11.8 Å². The van der Waals surface area contributed by atoms with Gasteiger partial charge in [-0.15, -0.1) is 5.10 Å². The molecule has 0 aliphatic carbocycles. The van der Waals surface area contributed by atoms with Gasteiger partial charge in [0.25, 0.3) is 0 Å². The Balaban J connectivity index is 1.63. The summed E-state index contributed by atoms with van der Waals surface area (Å²) in [6, 6.07) is 13.6. The van der Waals surface area contributed by atoms with Crippen molar-refractivity contribution in [3.05, 3.63) is 53.6 Å². The molecule has 0 aliphatic rings. The van der Waals surface area contributed by atoms with Crippen LogP contribution in [0.1, 0.15) is 18.1 Å². The quantitative estimate of drug-likeness (QED) is 0.598. The molecule has 1 aromatic heterocycles. The number of benzene rings is 2. The number of H-pyrrole nitrogens is 1. The summed E-state index contributed by atoms with van der Waals surface area (Å²) < 4.78 is 5.63. The van der Waals surface area contributed by atoms with Crippen LogP contribution in [0.2, 0.25) is 0 Å². The van der Waals surface area contributed by atoms with E-state index in [9.17, 15) is 4.79 Å². The molecule has 140 valence electrons. The van der Waals surface area contributed by atoms with E-state index in [0.717, 1.165) is 28.1 Å². The Morgan fingerprint density at radius 3 is 2.85 bits per heavy atom. The van der Waals surface area contributed by atoms with E-state index in [1.54, 1.807) is 0 Å². The minimum atomic E-state index is -0.0882. The van der Waals surface area contributed by atoms with Gasteiger partial charge in [-0.1, -0.05) is 36.0 Å². The van der Waals surface area contributed by atoms with Crippen molar-refractivity contribution < 1.29 is 9.53 Å². The van der Waals surface area contributed by atoms with Gasteiger partial charge >= 0.3 is 0 Å². The predicted molar refractivity (Wildman–Crippen MR) is 108 cm³/mol. The third kappa shape index (κ3) is 4.89. The zero-order valence-corrected chi connectivity index (χ0v) is 16.4. The molecule has 0 aliphatic heterocycles. The Bertz CT molecular complexity index is 939. The Morgan fingerprint density at radius 1 is 1.22 bits per heavy atom. The maximum absolute atomic E-state index is 12.2. The standard InChI is InChI=1S/C20H22N4O2S/c1-4-26-17-8-6-5-7-15(17)19-22-20(24-23-19)27-12-18(25)21-16-11-13(2)9-10-14(16)3/h5-11H,4,12H2,1-3H3,(H,21,25)(H,22,23,24). The Labute approximate surface area is 162 Å². The zero-order valence-electron chi connectivity index (χ0n) is 15.6. The van der Waals surface area contributed by atoms with Crippen LogP contribution in [-0.2, 0) is 4.79 Å². The first-order chi connectivity index (χ1) is 13.1. The summed E-state index contributed by atoms with van der Waals surface area (Å²) in [6.07, 6.45) is 0. The lowest BCUT2D eigenvalue weighted by Gasteiger charge is -2.08. The van der Waals surface area contributed by atoms with E-state index in [4.69, 9.17) is 4.74 Å². The van der Waals surface area contributed by atoms with E-state index in [-0.39, 0.29) is 11.7 Å². The number of para-hydroxylation sites is 1. The number of carbonyl (C=O) groups excluding carboxylic acids is 1. The number of nitrogens with zero attached hydrogens (tertiary/aromatic N) is 2. The lowest BCUT2D eigenvalue weighted by Crippen LogP contribution is -2.15. The maximum Gasteiger partial charge on any atom is 0.234 e. The number of aromatic amines is 1. The lowest BCUT2D eigenvalue weighted by molar-refractivity contribution is -0.113. The highest BCUT2D eigenvalue weighted by molar-refractivity contribution is 7.99. The molecule has 3 rings (SSSR count). The normalized spacial score (nSPS) is 10.6. The molecule has 0 bridgehead atoms. The van der Waals surface area contributed by atoms with Crippen molar-refractivity contribution in [2.75, 3.05) is 17.7 Å². The SMILES string of the molecule is CCOc1ccccc1-c1nc(SCC(=O)Nc2cc(C)ccc2C)n[nH]1. The van der Waals surface area contributed by atoms with Gasteiger partial charge in [-0.05, 0) is 50.1 Å². The van der Waals surface area contributed by atoms with E-state index in [0.29, 0.717) is 17.6 Å². The van der Waals surface area contributed by atoms with Crippen molar-refractivity contribution >= 4 is 23.4 Å². The van der Waals surface area contributed by atoms with Crippen LogP contribution in [0.15, 0.2) is 47.6 Å². The first-order valence-electron chi connectivity index (χ1n) is 8.71. The fourth-order valence-electron chi connectivity index (χ4n) is 2.56. The molecule has 1 heterocycles. The van der Waals surface area contributed by atoms with Gasteiger partial charge in [-0.25, -0.2) is 4.98 Å². The molecule has 27 heavy (non-hydrogen) atoms. The van der Waals surface area contributed by atoms with Crippen molar-refractivity contribution in [3.63, 3.8) is 0 Å². The van der Waals surface area contributed by atoms with Gasteiger partial charge in [0.1, 0.15) is 5.75 Å². The van der Waals surface area contributed by atoms with Gasteiger partial charge in [0.2, 0.25) is 11.1 Å². The minimum absolute atomic E-state index is 0.0882. The van der Waals surface area contributed by atoms with Gasteiger partial charge in [0.15, 0.2) is 5.82 Å². The molecule has 0 radical (unpaired) electrons. The van der Waals surface area contributed by atoms with Crippen molar-refractivity contribution in [2.24, 2.45) is 0 Å². The summed E-state index contributed by atoms with van der Waals surface area (Å²) in [6.45, 7) is 6.48. The fraction of sp³-hybridized carbons (Fsp3) is 0.250. The summed E-state index contributed by atoms with van der Waals surface area (Å²) in [5.41, 5.74) is 3.82. The number of aryl methyl sites for hydroxylation is 2. The molecule has 0 unspecified atom stereocenters. The highest BCUT2D eigenvalue weighted by Crippen LogP contribution is 2.28. The van der Waals surface area contributed by atoms with Crippen LogP contribution in [0.3, 0.4) is 0 Å². The second-order valence-corrected chi connectivity index (χ2v) is 6.99. The van der Waals surface area contributed by atoms with Crippen LogP contribution in [0, 0.1) is 13.8 Å². The number of hydrogen-bond donors (Lipinski definition) is 2. The number of thioether (sulfide) groups is 1. The van der Waals surface area contributed by atoms with E-state index < -0.39 is 0 Å². The summed E-state index contributed by atoms with van der Waals surface area (Å²) in [5.74, 6) is 1.52. The van der Waals surface area contributed by atoms with E-state index in [1.807, 2.05) is 63.2 Å². The molecular weight excluding hydrogens is 360 g/mol. The summed E-state index contributed by atoms with van der Waals surface area (Å²) in [5, 5.41) is 10.6. The van der Waals surface area contributed by atoms with E-state index >= 15 is 0 Å². The molecule has 7 heteroatoms. The average molecular weight is 382 g/mol. The van der Waals surface area contributed by atoms with Crippen LogP contribution in [-0.4, -0.2) is 33.4 Å². The molecule has 0 fully saturated rings. The van der Waals surface area contributed by atoms with Crippen molar-refractivity contribution in [1.82, 2.24) is 15.2 Å². The molecule has 2 N–H and O–H groups in total. The fourth-order valence-corrected chi connectivity index (χ4v) is 3.16. The van der Waals surface area contributed by atoms with Gasteiger partial charge < -0.3 is 10.1 Å². The smallest absolute Gasteiger partial charge is 0.234 e. The van der Waals surface area contributed by atoms with Crippen LogP contribution in [0.4, 0.5) is 5.69 Å². The number of ether oxygens (including phenoxy) is 1. The minimum Gasteiger partial charge on any atom is -0.493 e. The monoisotopic (exact) mass is 382 g/mol. The molecule has 3 aromatic rings. The first kappa shape index (κ1) is 19.0. The molecule has 6 nitrogen and oxygen atoms in total. The summed E-state index contributed by atoms with van der Waals surface area (Å²) >= 11 is 1.29. The van der Waals surface area contributed by atoms with E-state index in [1.165, 1.54) is 11.8 Å². The Kier molecular flexibility index (Phi) is 6.13. The number of nitrogens with one attached hydrogen (secondary N) is 2. The number of anilines is 1. The van der Waals surface area contributed by atoms with E-state index in [2.05, 4.69) is 20.5 Å². The molecule has 1 amide bonds. The number of carbonyl (C=O) groups is 1. The van der Waals surface area contributed by atoms with Crippen molar-refractivity contribution in [1.29, 1.82) is 0 Å². The Hall–Kier alpha value is -2.80. The highest BCUT2D eigenvalue weighted by atomic mass is 32.2. The van der Waals surface area contributed by atoms with Crippen LogP contribution < -0.4 is 10.1 Å². The van der Waals surface area contributed by atoms with Crippen LogP contribution in [0.5, 0.6) is 5.75 Å². The third-order valence-corrected chi connectivity index (χ3v) is 4.75. The predicted octanol–water partition coefficient (Wildman–Crippen LogP) is 4.22. The topological polar surface area (TPSA) is 79.9 Å². The number of amides is 1. The highest BCUT2D eigenvalue weighted by Gasteiger charge is 2.13. The molecule has 0 saturated heterocycles. The Morgan fingerprint density at radius 2 is 2.04 bits per heavy atom. The zero-order chi connectivity index (χ0) is 19.2. The van der Waals surface area contributed by atoms with Gasteiger partial charge in [0.05, 0.1) is 17.9 Å². The molecular formula is C20H22N4O2S. The second-order valence-electron chi connectivity index (χ2n) is 6.05. The number of hydrogen-bond acceptors (Lipinski definition) is 5. The molecule has 0 spiro atoms. The van der Waals surface area contributed by atoms with Gasteiger partial charge in [0, 0.05) is 5.69 Å². The maximum atomic E-state index is 12.2. The molecule has 0 atom stereocenters. The number of aromatic nitrogens is 3. The third-order valence-electron chi connectivity index (χ3n) is 3.91.